The number of rotatable bonds is 5. The summed E-state index contributed by atoms with van der Waals surface area (Å²) in [7, 11) is -3.49. The number of hydrogen-bond donors (Lipinski definition) is 2. The van der Waals surface area contributed by atoms with Crippen LogP contribution in [-0.2, 0) is 10.0 Å². The van der Waals surface area contributed by atoms with Crippen molar-refractivity contribution in [2.24, 2.45) is 0 Å². The summed E-state index contributed by atoms with van der Waals surface area (Å²) >= 11 is 0. The van der Waals surface area contributed by atoms with Crippen LogP contribution in [-0.4, -0.2) is 43.3 Å². The predicted molar refractivity (Wildman–Crippen MR) is 116 cm³/mol. The van der Waals surface area contributed by atoms with Gasteiger partial charge in [-0.05, 0) is 67.5 Å². The molecule has 2 heterocycles. The molecule has 1 aliphatic carbocycles. The normalized spacial score (nSPS) is 18.1. The van der Waals surface area contributed by atoms with E-state index in [2.05, 4.69) is 34.1 Å². The van der Waals surface area contributed by atoms with E-state index in [-0.39, 0.29) is 16.8 Å². The van der Waals surface area contributed by atoms with Crippen molar-refractivity contribution in [3.05, 3.63) is 65.9 Å². The van der Waals surface area contributed by atoms with Crippen LogP contribution < -0.4 is 4.72 Å². The number of para-hydroxylation sites is 1. The monoisotopic (exact) mass is 423 g/mol. The molecule has 1 aromatic heterocycles. The van der Waals surface area contributed by atoms with Crippen molar-refractivity contribution in [1.82, 2.24) is 14.6 Å². The van der Waals surface area contributed by atoms with Crippen molar-refractivity contribution < 1.29 is 13.2 Å². The molecule has 3 aromatic rings. The first-order valence-corrected chi connectivity index (χ1v) is 12.0. The Labute approximate surface area is 176 Å². The van der Waals surface area contributed by atoms with E-state index in [4.69, 9.17) is 0 Å². The fourth-order valence-corrected chi connectivity index (χ4v) is 5.58. The highest BCUT2D eigenvalue weighted by atomic mass is 32.2. The van der Waals surface area contributed by atoms with E-state index >= 15 is 0 Å². The quantitative estimate of drug-likeness (QED) is 0.657. The van der Waals surface area contributed by atoms with E-state index in [9.17, 15) is 13.2 Å². The van der Waals surface area contributed by atoms with Gasteiger partial charge in [0.1, 0.15) is 0 Å². The summed E-state index contributed by atoms with van der Waals surface area (Å²) in [5.41, 5.74) is 3.01. The number of H-pyrrole nitrogens is 1. The van der Waals surface area contributed by atoms with Gasteiger partial charge in [-0.3, -0.25) is 4.79 Å². The van der Waals surface area contributed by atoms with Crippen LogP contribution in [0.25, 0.3) is 10.9 Å². The number of hydrogen-bond acceptors (Lipinski definition) is 3. The third kappa shape index (κ3) is 3.75. The summed E-state index contributed by atoms with van der Waals surface area (Å²) in [6.45, 7) is 1.40. The maximum Gasteiger partial charge on any atom is 0.253 e. The Morgan fingerprint density at radius 2 is 1.67 bits per heavy atom. The largest absolute Gasteiger partial charge is 0.361 e. The molecule has 1 saturated heterocycles. The first-order valence-electron chi connectivity index (χ1n) is 10.5. The maximum atomic E-state index is 12.9. The summed E-state index contributed by atoms with van der Waals surface area (Å²) in [5, 5.41) is 1.26. The summed E-state index contributed by atoms with van der Waals surface area (Å²) in [5.74, 6) is 0.401. The summed E-state index contributed by atoms with van der Waals surface area (Å²) in [4.78, 5) is 18.3. The standard InChI is InChI=1S/C23H25N3O3S/c27-23(17-5-9-19(10-6-17)30(28,29)25-18-7-8-18)26-13-11-16(12-14-26)21-15-24-22-4-2-1-3-20(21)22/h1-6,9-10,15-16,18,24-25H,7-8,11-14H2. The van der Waals surface area contributed by atoms with Gasteiger partial charge in [0.15, 0.2) is 0 Å². The van der Waals surface area contributed by atoms with E-state index in [1.54, 1.807) is 12.1 Å². The van der Waals surface area contributed by atoms with E-state index in [0.717, 1.165) is 31.2 Å². The molecule has 0 atom stereocenters. The third-order valence-electron chi connectivity index (χ3n) is 6.15. The average molecular weight is 424 g/mol. The number of aromatic nitrogens is 1. The van der Waals surface area contributed by atoms with Crippen LogP contribution in [0.5, 0.6) is 0 Å². The first-order chi connectivity index (χ1) is 14.5. The number of carbonyl (C=O) groups excluding carboxylic acids is 1. The number of piperidine rings is 1. The molecule has 0 spiro atoms. The van der Waals surface area contributed by atoms with Crippen LogP contribution in [0.2, 0.25) is 0 Å². The summed E-state index contributed by atoms with van der Waals surface area (Å²) in [6.07, 6.45) is 5.73. The van der Waals surface area contributed by atoms with Crippen LogP contribution in [0.1, 0.15) is 47.5 Å². The molecule has 0 bridgehead atoms. The number of nitrogens with zero attached hydrogens (tertiary/aromatic N) is 1. The molecule has 2 aliphatic rings. The lowest BCUT2D eigenvalue weighted by molar-refractivity contribution is 0.0713. The van der Waals surface area contributed by atoms with Crippen LogP contribution in [0.3, 0.4) is 0 Å². The molecule has 30 heavy (non-hydrogen) atoms. The summed E-state index contributed by atoms with van der Waals surface area (Å²) < 4.78 is 27.3. The van der Waals surface area contributed by atoms with Crippen molar-refractivity contribution in [2.75, 3.05) is 13.1 Å². The van der Waals surface area contributed by atoms with Crippen LogP contribution >= 0.6 is 0 Å². The Balaban J connectivity index is 1.24. The molecule has 2 aromatic carbocycles. The number of fused-ring (bicyclic) bond motifs is 1. The van der Waals surface area contributed by atoms with Gasteiger partial charge < -0.3 is 9.88 Å². The predicted octanol–water partition coefficient (Wildman–Crippen LogP) is 3.63. The van der Waals surface area contributed by atoms with Crippen LogP contribution in [0.15, 0.2) is 59.6 Å². The number of carbonyl (C=O) groups is 1. The minimum atomic E-state index is -3.49. The molecule has 1 aliphatic heterocycles. The number of nitrogens with one attached hydrogen (secondary N) is 2. The lowest BCUT2D eigenvalue weighted by Crippen LogP contribution is -2.37. The Kier molecular flexibility index (Phi) is 4.87. The second-order valence-corrected chi connectivity index (χ2v) is 9.99. The highest BCUT2D eigenvalue weighted by Crippen LogP contribution is 2.33. The number of benzene rings is 2. The summed E-state index contributed by atoms with van der Waals surface area (Å²) in [6, 6.07) is 14.7. The van der Waals surface area contributed by atoms with Gasteiger partial charge in [-0.15, -0.1) is 0 Å². The number of likely N-dealkylation sites (tertiary alicyclic amines) is 1. The van der Waals surface area contributed by atoms with Gasteiger partial charge in [0.05, 0.1) is 4.90 Å². The van der Waals surface area contributed by atoms with Crippen molar-refractivity contribution >= 4 is 26.8 Å². The smallest absolute Gasteiger partial charge is 0.253 e. The second-order valence-electron chi connectivity index (χ2n) is 8.28. The SMILES string of the molecule is O=C(c1ccc(S(=O)(=O)NC2CC2)cc1)N1CCC(c2c[nH]c3ccccc23)CC1. The Morgan fingerprint density at radius 1 is 0.967 bits per heavy atom. The molecule has 156 valence electrons. The lowest BCUT2D eigenvalue weighted by Gasteiger charge is -2.32. The van der Waals surface area contributed by atoms with Crippen molar-refractivity contribution in [3.8, 4) is 0 Å². The van der Waals surface area contributed by atoms with Gasteiger partial charge >= 0.3 is 0 Å². The van der Waals surface area contributed by atoms with Crippen molar-refractivity contribution in [3.63, 3.8) is 0 Å². The Bertz CT molecular complexity index is 1170. The zero-order chi connectivity index (χ0) is 20.7. The van der Waals surface area contributed by atoms with Gasteiger partial charge in [0, 0.05) is 41.8 Å². The molecule has 2 fully saturated rings. The zero-order valence-corrected chi connectivity index (χ0v) is 17.5. The minimum Gasteiger partial charge on any atom is -0.361 e. The number of amides is 1. The fourth-order valence-electron chi connectivity index (χ4n) is 4.27. The molecule has 2 N–H and O–H groups in total. The van der Waals surface area contributed by atoms with Crippen molar-refractivity contribution in [2.45, 2.75) is 42.5 Å². The second kappa shape index (κ2) is 7.56. The third-order valence-corrected chi connectivity index (χ3v) is 7.69. The van der Waals surface area contributed by atoms with E-state index < -0.39 is 10.0 Å². The highest BCUT2D eigenvalue weighted by Gasteiger charge is 2.29. The molecule has 6 nitrogen and oxygen atoms in total. The van der Waals surface area contributed by atoms with E-state index in [0.29, 0.717) is 24.6 Å². The Hall–Kier alpha value is -2.64. The molecular formula is C23H25N3O3S. The molecule has 0 radical (unpaired) electrons. The first kappa shape index (κ1) is 19.3. The number of sulfonamides is 1. The molecular weight excluding hydrogens is 398 g/mol. The van der Waals surface area contributed by atoms with Crippen molar-refractivity contribution in [1.29, 1.82) is 0 Å². The fraction of sp³-hybridized carbons (Fsp3) is 0.348. The van der Waals surface area contributed by atoms with Crippen LogP contribution in [0, 0.1) is 0 Å². The topological polar surface area (TPSA) is 82.3 Å². The van der Waals surface area contributed by atoms with E-state index in [1.165, 1.54) is 23.1 Å². The highest BCUT2D eigenvalue weighted by molar-refractivity contribution is 7.89. The van der Waals surface area contributed by atoms with Gasteiger partial charge in [-0.2, -0.15) is 0 Å². The lowest BCUT2D eigenvalue weighted by atomic mass is 9.89. The van der Waals surface area contributed by atoms with Crippen LogP contribution in [0.4, 0.5) is 0 Å². The zero-order valence-electron chi connectivity index (χ0n) is 16.7. The maximum absolute atomic E-state index is 12.9. The molecule has 0 unspecified atom stereocenters. The Morgan fingerprint density at radius 3 is 2.37 bits per heavy atom. The molecule has 5 rings (SSSR count). The van der Waals surface area contributed by atoms with Gasteiger partial charge in [-0.1, -0.05) is 18.2 Å². The number of aromatic amines is 1. The van der Waals surface area contributed by atoms with Gasteiger partial charge in [0.25, 0.3) is 5.91 Å². The molecule has 1 amide bonds. The molecule has 7 heteroatoms. The minimum absolute atomic E-state index is 0.0357. The molecule has 1 saturated carbocycles. The van der Waals surface area contributed by atoms with Gasteiger partial charge in [0.2, 0.25) is 10.0 Å². The average Bonchev–Trinajstić information content (AvgIpc) is 3.47. The van der Waals surface area contributed by atoms with Gasteiger partial charge in [-0.25, -0.2) is 13.1 Å². The van der Waals surface area contributed by atoms with E-state index in [1.807, 2.05) is 11.0 Å².